The quantitative estimate of drug-likeness (QED) is 0.193. The second kappa shape index (κ2) is 11.6. The molecule has 3 aromatic heterocycles. The Morgan fingerprint density at radius 1 is 0.345 bits per heavy atom. The molecule has 0 atom stereocenters. The fraction of sp³-hybridized carbons (Fsp3) is 0.308. The summed E-state index contributed by atoms with van der Waals surface area (Å²) in [6.45, 7) is 27.4. The SMILES string of the molecule is CC(C)(C)c1ccc2oc3c(-c4ccc5[nH]c6ccc(-c7cc(C(C)(C)C)cc8c7oc7ccc(C(C)(C)C)cc78)cc6c5c4)cc(C(C)(C)C)cc3c2c1. The van der Waals surface area contributed by atoms with E-state index >= 15 is 0 Å². The standard InChI is InChI=1S/C52H53NO2/c1-49(2,3)31-15-19-45-39(23-31)41-27-33(51(7,8)9)25-35(47(41)54-45)29-13-17-43-37(21-29)38-22-30(14-18-44(38)53-43)36-26-34(52(10,11)12)28-42-40-24-32(50(4,5)6)16-20-46(40)55-48(36)42/h13-28,53H,1-12H3. The number of rotatable bonds is 2. The summed E-state index contributed by atoms with van der Waals surface area (Å²) in [5.74, 6) is 0. The van der Waals surface area contributed by atoms with Crippen LogP contribution in [-0.4, -0.2) is 4.98 Å². The van der Waals surface area contributed by atoms with Crippen LogP contribution in [0.3, 0.4) is 0 Å². The van der Waals surface area contributed by atoms with E-state index in [0.717, 1.165) is 55.6 Å². The average molecular weight is 724 g/mol. The van der Waals surface area contributed by atoms with E-state index in [1.165, 1.54) is 54.6 Å². The minimum atomic E-state index is -0.0359. The van der Waals surface area contributed by atoms with Gasteiger partial charge in [0.1, 0.15) is 22.3 Å². The second-order valence-corrected chi connectivity index (χ2v) is 20.1. The van der Waals surface area contributed by atoms with Crippen molar-refractivity contribution in [2.24, 2.45) is 0 Å². The van der Waals surface area contributed by atoms with Crippen LogP contribution in [-0.2, 0) is 21.7 Å². The molecular weight excluding hydrogens is 671 g/mol. The van der Waals surface area contributed by atoms with Crippen LogP contribution in [0.4, 0.5) is 0 Å². The van der Waals surface area contributed by atoms with Crippen molar-refractivity contribution in [2.45, 2.75) is 105 Å². The molecule has 0 saturated heterocycles. The van der Waals surface area contributed by atoms with Crippen molar-refractivity contribution in [1.82, 2.24) is 4.98 Å². The Kier molecular flexibility index (Phi) is 7.48. The Bertz CT molecular complexity index is 2800. The molecule has 9 aromatic rings. The van der Waals surface area contributed by atoms with Crippen LogP contribution in [0.2, 0.25) is 0 Å². The maximum absolute atomic E-state index is 6.74. The zero-order valence-electron chi connectivity index (χ0n) is 34.6. The van der Waals surface area contributed by atoms with Gasteiger partial charge >= 0.3 is 0 Å². The van der Waals surface area contributed by atoms with E-state index in [0.29, 0.717) is 0 Å². The monoisotopic (exact) mass is 723 g/mol. The Morgan fingerprint density at radius 2 is 0.709 bits per heavy atom. The van der Waals surface area contributed by atoms with E-state index in [2.05, 4.69) is 185 Å². The van der Waals surface area contributed by atoms with Gasteiger partial charge in [0, 0.05) is 54.5 Å². The topological polar surface area (TPSA) is 42.1 Å². The molecule has 0 saturated carbocycles. The number of aromatic nitrogens is 1. The van der Waals surface area contributed by atoms with Gasteiger partial charge in [0.05, 0.1) is 0 Å². The van der Waals surface area contributed by atoms with Crippen LogP contribution >= 0.6 is 0 Å². The highest BCUT2D eigenvalue weighted by Crippen LogP contribution is 2.44. The molecule has 9 rings (SSSR count). The number of benzene rings is 6. The first-order valence-corrected chi connectivity index (χ1v) is 19.8. The molecule has 0 bridgehead atoms. The second-order valence-electron chi connectivity index (χ2n) is 20.1. The molecule has 3 nitrogen and oxygen atoms in total. The number of furan rings is 2. The summed E-state index contributed by atoms with van der Waals surface area (Å²) in [4.78, 5) is 3.72. The lowest BCUT2D eigenvalue weighted by Gasteiger charge is -2.21. The summed E-state index contributed by atoms with van der Waals surface area (Å²) in [5, 5.41) is 7.09. The number of hydrogen-bond acceptors (Lipinski definition) is 2. The van der Waals surface area contributed by atoms with E-state index in [9.17, 15) is 0 Å². The average Bonchev–Trinajstić information content (AvgIpc) is 3.79. The molecule has 0 amide bonds. The smallest absolute Gasteiger partial charge is 0.143 e. The Hall–Kier alpha value is -5.28. The first-order chi connectivity index (χ1) is 25.7. The molecule has 3 heteroatoms. The summed E-state index contributed by atoms with van der Waals surface area (Å²) < 4.78 is 13.5. The van der Waals surface area contributed by atoms with Gasteiger partial charge in [0.2, 0.25) is 0 Å². The lowest BCUT2D eigenvalue weighted by atomic mass is 9.83. The van der Waals surface area contributed by atoms with Gasteiger partial charge in [0.15, 0.2) is 0 Å². The number of nitrogens with one attached hydrogen (secondary N) is 1. The lowest BCUT2D eigenvalue weighted by molar-refractivity contribution is 0.590. The van der Waals surface area contributed by atoms with E-state index in [1.807, 2.05) is 0 Å². The zero-order chi connectivity index (χ0) is 39.0. The number of H-pyrrole nitrogens is 1. The van der Waals surface area contributed by atoms with Crippen molar-refractivity contribution in [3.63, 3.8) is 0 Å². The molecule has 0 aliphatic carbocycles. The van der Waals surface area contributed by atoms with Crippen molar-refractivity contribution in [3.05, 3.63) is 119 Å². The van der Waals surface area contributed by atoms with E-state index in [1.54, 1.807) is 0 Å². The summed E-state index contributed by atoms with van der Waals surface area (Å²) in [6, 6.07) is 36.4. The van der Waals surface area contributed by atoms with Crippen LogP contribution in [0.5, 0.6) is 0 Å². The molecule has 0 spiro atoms. The van der Waals surface area contributed by atoms with Crippen molar-refractivity contribution in [2.75, 3.05) is 0 Å². The van der Waals surface area contributed by atoms with Crippen molar-refractivity contribution < 1.29 is 8.83 Å². The fourth-order valence-corrected chi connectivity index (χ4v) is 8.22. The third-order valence-corrected chi connectivity index (χ3v) is 11.8. The molecule has 3 heterocycles. The summed E-state index contributed by atoms with van der Waals surface area (Å²) in [7, 11) is 0. The highest BCUT2D eigenvalue weighted by Gasteiger charge is 2.25. The van der Waals surface area contributed by atoms with E-state index < -0.39 is 0 Å². The highest BCUT2D eigenvalue weighted by atomic mass is 16.3. The zero-order valence-corrected chi connectivity index (χ0v) is 34.6. The van der Waals surface area contributed by atoms with Gasteiger partial charge in [-0.3, -0.25) is 0 Å². The third-order valence-electron chi connectivity index (χ3n) is 11.8. The maximum atomic E-state index is 6.74. The van der Waals surface area contributed by atoms with Gasteiger partial charge in [-0.2, -0.15) is 0 Å². The lowest BCUT2D eigenvalue weighted by Crippen LogP contribution is -2.11. The van der Waals surface area contributed by atoms with E-state index in [4.69, 9.17) is 8.83 Å². The molecule has 0 aliphatic rings. The largest absolute Gasteiger partial charge is 0.455 e. The van der Waals surface area contributed by atoms with Crippen molar-refractivity contribution in [3.8, 4) is 22.3 Å². The normalized spacial score (nSPS) is 13.5. The Labute approximate surface area is 324 Å². The van der Waals surface area contributed by atoms with Gasteiger partial charge in [-0.15, -0.1) is 0 Å². The fourth-order valence-electron chi connectivity index (χ4n) is 8.22. The maximum Gasteiger partial charge on any atom is 0.143 e. The van der Waals surface area contributed by atoms with Crippen LogP contribution in [0, 0.1) is 0 Å². The van der Waals surface area contributed by atoms with Crippen LogP contribution in [0.25, 0.3) is 87.9 Å². The number of hydrogen-bond donors (Lipinski definition) is 1. The van der Waals surface area contributed by atoms with Crippen molar-refractivity contribution in [1.29, 1.82) is 0 Å². The summed E-state index contributed by atoms with van der Waals surface area (Å²) in [6.07, 6.45) is 0. The molecule has 0 fully saturated rings. The highest BCUT2D eigenvalue weighted by molar-refractivity contribution is 6.15. The molecule has 1 N–H and O–H groups in total. The van der Waals surface area contributed by atoms with Gasteiger partial charge in [-0.1, -0.05) is 107 Å². The number of fused-ring (bicyclic) bond motifs is 9. The van der Waals surface area contributed by atoms with Gasteiger partial charge in [-0.05, 0) is 128 Å². The summed E-state index contributed by atoms with van der Waals surface area (Å²) in [5.41, 5.74) is 15.7. The van der Waals surface area contributed by atoms with Crippen molar-refractivity contribution >= 4 is 65.7 Å². The van der Waals surface area contributed by atoms with Gasteiger partial charge < -0.3 is 13.8 Å². The van der Waals surface area contributed by atoms with Gasteiger partial charge in [-0.25, -0.2) is 0 Å². The molecule has 0 radical (unpaired) electrons. The Morgan fingerprint density at radius 3 is 1.07 bits per heavy atom. The minimum absolute atomic E-state index is 0.0359. The van der Waals surface area contributed by atoms with Gasteiger partial charge in [0.25, 0.3) is 0 Å². The molecule has 0 unspecified atom stereocenters. The predicted molar refractivity (Wildman–Crippen MR) is 236 cm³/mol. The number of aromatic amines is 1. The third kappa shape index (κ3) is 5.86. The first kappa shape index (κ1) is 35.4. The predicted octanol–water partition coefficient (Wildman–Crippen LogP) is 15.6. The molecular formula is C52H53NO2. The molecule has 0 aliphatic heterocycles. The summed E-state index contributed by atoms with van der Waals surface area (Å²) >= 11 is 0. The minimum Gasteiger partial charge on any atom is -0.455 e. The van der Waals surface area contributed by atoms with E-state index in [-0.39, 0.29) is 21.7 Å². The van der Waals surface area contributed by atoms with Crippen LogP contribution in [0.15, 0.2) is 106 Å². The molecule has 6 aromatic carbocycles. The van der Waals surface area contributed by atoms with Crippen LogP contribution in [0.1, 0.15) is 105 Å². The Balaban J connectivity index is 1.26. The molecule has 278 valence electrons. The molecule has 55 heavy (non-hydrogen) atoms. The van der Waals surface area contributed by atoms with Crippen LogP contribution < -0.4 is 0 Å². The first-order valence-electron chi connectivity index (χ1n) is 19.8.